The second-order valence-electron chi connectivity index (χ2n) is 5.75. The molecular formula is C19H20N2O5S. The van der Waals surface area contributed by atoms with E-state index < -0.39 is 28.8 Å². The molecule has 2 amide bonds. The molecule has 2 rings (SSSR count). The first-order valence-corrected chi connectivity index (χ1v) is 9.65. The normalized spacial score (nSPS) is 12.6. The van der Waals surface area contributed by atoms with E-state index in [9.17, 15) is 18.6 Å². The third kappa shape index (κ3) is 5.75. The Morgan fingerprint density at radius 1 is 0.963 bits per heavy atom. The zero-order valence-corrected chi connectivity index (χ0v) is 16.0. The molecule has 0 aromatic heterocycles. The molecule has 0 aliphatic rings. The lowest BCUT2D eigenvalue weighted by molar-refractivity contribution is -0.123. The van der Waals surface area contributed by atoms with Gasteiger partial charge in [-0.05, 0) is 43.3 Å². The van der Waals surface area contributed by atoms with Crippen molar-refractivity contribution < 1.29 is 23.3 Å². The lowest BCUT2D eigenvalue weighted by Crippen LogP contribution is -2.30. The fraction of sp³-hybridized carbons (Fsp3) is 0.211. The number of esters is 1. The Labute approximate surface area is 159 Å². The highest BCUT2D eigenvalue weighted by molar-refractivity contribution is 7.84. The molecular weight excluding hydrogens is 368 g/mol. The fourth-order valence-electron chi connectivity index (χ4n) is 2.25. The molecule has 27 heavy (non-hydrogen) atoms. The molecule has 0 fully saturated rings. The van der Waals surface area contributed by atoms with Crippen LogP contribution in [0.15, 0.2) is 53.4 Å². The zero-order chi connectivity index (χ0) is 20.0. The number of rotatable bonds is 6. The fourth-order valence-corrected chi connectivity index (χ4v) is 2.98. The first-order valence-electron chi connectivity index (χ1n) is 8.10. The Kier molecular flexibility index (Phi) is 6.84. The molecule has 0 aliphatic heterocycles. The van der Waals surface area contributed by atoms with Gasteiger partial charge in [0, 0.05) is 24.6 Å². The van der Waals surface area contributed by atoms with E-state index in [2.05, 4.69) is 10.6 Å². The molecule has 2 N–H and O–H groups in total. The molecule has 0 saturated heterocycles. The summed E-state index contributed by atoms with van der Waals surface area (Å²) in [7, 11) is -1.36. The van der Waals surface area contributed by atoms with Gasteiger partial charge < -0.3 is 15.4 Å². The maximum absolute atomic E-state index is 12.3. The largest absolute Gasteiger partial charge is 0.449 e. The number of benzene rings is 2. The first kappa shape index (κ1) is 20.3. The number of nitrogens with one attached hydrogen (secondary N) is 2. The summed E-state index contributed by atoms with van der Waals surface area (Å²) in [6.45, 7) is 2.85. The van der Waals surface area contributed by atoms with Crippen LogP contribution in [0.1, 0.15) is 24.2 Å². The van der Waals surface area contributed by atoms with Crippen molar-refractivity contribution in [3.63, 3.8) is 0 Å². The van der Waals surface area contributed by atoms with E-state index in [1.807, 2.05) is 0 Å². The predicted molar refractivity (Wildman–Crippen MR) is 103 cm³/mol. The van der Waals surface area contributed by atoms with E-state index in [4.69, 9.17) is 4.74 Å². The summed E-state index contributed by atoms with van der Waals surface area (Å²) in [6.07, 6.45) is 0.415. The standard InChI is InChI=1S/C19H20N2O5S/c1-12(26-19(24)16-6-4-5-7-17(16)27(3)25)18(23)21-15-10-8-14(9-11-15)20-13(2)22/h4-12H,1-3H3,(H,20,22)(H,21,23)/t12-,27-/m0/s1. The van der Waals surface area contributed by atoms with Gasteiger partial charge in [-0.1, -0.05) is 12.1 Å². The molecule has 2 aromatic carbocycles. The molecule has 142 valence electrons. The van der Waals surface area contributed by atoms with Crippen molar-refractivity contribution >= 4 is 40.0 Å². The SMILES string of the molecule is CC(=O)Nc1ccc(NC(=O)[C@H](C)OC(=O)c2ccccc2[S@](C)=O)cc1. The minimum atomic E-state index is -1.36. The van der Waals surface area contributed by atoms with Crippen LogP contribution in [0.5, 0.6) is 0 Å². The van der Waals surface area contributed by atoms with Crippen LogP contribution in [0.3, 0.4) is 0 Å². The third-order valence-corrected chi connectivity index (χ3v) is 4.52. The highest BCUT2D eigenvalue weighted by Gasteiger charge is 2.21. The lowest BCUT2D eigenvalue weighted by Gasteiger charge is -2.15. The molecule has 2 aromatic rings. The van der Waals surface area contributed by atoms with Crippen molar-refractivity contribution in [3.05, 3.63) is 54.1 Å². The van der Waals surface area contributed by atoms with Gasteiger partial charge in [-0.3, -0.25) is 13.8 Å². The topological polar surface area (TPSA) is 102 Å². The van der Waals surface area contributed by atoms with Gasteiger partial charge in [0.25, 0.3) is 5.91 Å². The van der Waals surface area contributed by atoms with Gasteiger partial charge in [0.05, 0.1) is 21.3 Å². The van der Waals surface area contributed by atoms with Crippen molar-refractivity contribution in [2.24, 2.45) is 0 Å². The highest BCUT2D eigenvalue weighted by atomic mass is 32.2. The van der Waals surface area contributed by atoms with Crippen LogP contribution in [0.4, 0.5) is 11.4 Å². The molecule has 0 unspecified atom stereocenters. The van der Waals surface area contributed by atoms with E-state index in [1.54, 1.807) is 42.5 Å². The number of hydrogen-bond donors (Lipinski definition) is 2. The Balaban J connectivity index is 2.00. The van der Waals surface area contributed by atoms with Gasteiger partial charge >= 0.3 is 5.97 Å². The van der Waals surface area contributed by atoms with Crippen LogP contribution in [0, 0.1) is 0 Å². The second kappa shape index (κ2) is 9.09. The molecule has 0 radical (unpaired) electrons. The van der Waals surface area contributed by atoms with E-state index in [-0.39, 0.29) is 11.5 Å². The quantitative estimate of drug-likeness (QED) is 0.741. The number of carbonyl (C=O) groups is 3. The maximum Gasteiger partial charge on any atom is 0.340 e. The Morgan fingerprint density at radius 2 is 1.52 bits per heavy atom. The van der Waals surface area contributed by atoms with Gasteiger partial charge in [0.2, 0.25) is 5.91 Å². The summed E-state index contributed by atoms with van der Waals surface area (Å²) in [5.41, 5.74) is 1.26. The molecule has 0 saturated carbocycles. The van der Waals surface area contributed by atoms with Crippen molar-refractivity contribution in [2.75, 3.05) is 16.9 Å². The third-order valence-electron chi connectivity index (χ3n) is 3.54. The minimum Gasteiger partial charge on any atom is -0.449 e. The second-order valence-corrected chi connectivity index (χ2v) is 7.09. The molecule has 0 spiro atoms. The van der Waals surface area contributed by atoms with Crippen LogP contribution in [-0.2, 0) is 25.1 Å². The summed E-state index contributed by atoms with van der Waals surface area (Å²) < 4.78 is 16.9. The number of hydrogen-bond acceptors (Lipinski definition) is 5. The van der Waals surface area contributed by atoms with Gasteiger partial charge in [0.15, 0.2) is 6.10 Å². The molecule has 2 atom stereocenters. The average Bonchev–Trinajstić information content (AvgIpc) is 2.62. The van der Waals surface area contributed by atoms with Crippen molar-refractivity contribution in [1.82, 2.24) is 0 Å². The van der Waals surface area contributed by atoms with Gasteiger partial charge in [-0.15, -0.1) is 0 Å². The van der Waals surface area contributed by atoms with E-state index >= 15 is 0 Å². The Morgan fingerprint density at radius 3 is 2.07 bits per heavy atom. The minimum absolute atomic E-state index is 0.164. The number of amides is 2. The maximum atomic E-state index is 12.3. The smallest absolute Gasteiger partial charge is 0.340 e. The summed E-state index contributed by atoms with van der Waals surface area (Å²) in [5.74, 6) is -1.42. The average molecular weight is 388 g/mol. The van der Waals surface area contributed by atoms with Crippen LogP contribution in [-0.4, -0.2) is 34.4 Å². The molecule has 0 aliphatic carbocycles. The van der Waals surface area contributed by atoms with Gasteiger partial charge in [0.1, 0.15) is 0 Å². The van der Waals surface area contributed by atoms with Crippen molar-refractivity contribution in [1.29, 1.82) is 0 Å². The predicted octanol–water partition coefficient (Wildman–Crippen LogP) is 2.57. The van der Waals surface area contributed by atoms with Crippen LogP contribution in [0.2, 0.25) is 0 Å². The molecule has 8 heteroatoms. The summed E-state index contributed by atoms with van der Waals surface area (Å²) in [6, 6.07) is 12.9. The highest BCUT2D eigenvalue weighted by Crippen LogP contribution is 2.16. The van der Waals surface area contributed by atoms with E-state index in [0.717, 1.165) is 0 Å². The lowest BCUT2D eigenvalue weighted by atomic mass is 10.2. The first-order chi connectivity index (χ1) is 12.8. The van der Waals surface area contributed by atoms with Crippen LogP contribution < -0.4 is 10.6 Å². The number of ether oxygens (including phenoxy) is 1. The molecule has 0 bridgehead atoms. The number of anilines is 2. The Bertz CT molecular complexity index is 880. The molecule has 0 heterocycles. The summed E-state index contributed by atoms with van der Waals surface area (Å²) >= 11 is 0. The monoisotopic (exact) mass is 388 g/mol. The number of carbonyl (C=O) groups excluding carboxylic acids is 3. The Hall–Kier alpha value is -3.00. The van der Waals surface area contributed by atoms with Crippen molar-refractivity contribution in [2.45, 2.75) is 24.8 Å². The van der Waals surface area contributed by atoms with Crippen LogP contribution >= 0.6 is 0 Å². The summed E-state index contributed by atoms with van der Waals surface area (Å²) in [5, 5.41) is 5.25. The van der Waals surface area contributed by atoms with Crippen LogP contribution in [0.25, 0.3) is 0 Å². The van der Waals surface area contributed by atoms with E-state index in [0.29, 0.717) is 16.3 Å². The van der Waals surface area contributed by atoms with E-state index in [1.165, 1.54) is 26.2 Å². The van der Waals surface area contributed by atoms with Crippen molar-refractivity contribution in [3.8, 4) is 0 Å². The van der Waals surface area contributed by atoms with Gasteiger partial charge in [-0.2, -0.15) is 0 Å². The zero-order valence-electron chi connectivity index (χ0n) is 15.1. The van der Waals surface area contributed by atoms with Gasteiger partial charge in [-0.25, -0.2) is 4.79 Å². The summed E-state index contributed by atoms with van der Waals surface area (Å²) in [4.78, 5) is 35.9. The molecule has 7 nitrogen and oxygen atoms in total.